The van der Waals surface area contributed by atoms with Crippen molar-refractivity contribution in [2.75, 3.05) is 30.0 Å². The number of anilines is 2. The number of para-hydroxylation sites is 2. The van der Waals surface area contributed by atoms with Crippen LogP contribution in [0, 0.1) is 11.8 Å². The molecule has 0 bridgehead atoms. The van der Waals surface area contributed by atoms with Gasteiger partial charge in [0.15, 0.2) is 0 Å². The summed E-state index contributed by atoms with van der Waals surface area (Å²) in [5.74, 6) is 2.08. The topological polar surface area (TPSA) is 18.5 Å². The number of rotatable bonds is 2. The molecule has 4 aliphatic rings. The normalized spacial score (nSPS) is 33.6. The fraction of sp³-hybridized carbons (Fsp3) is 0.727. The predicted octanol–water partition coefficient (Wildman–Crippen LogP) is 4.70. The van der Waals surface area contributed by atoms with E-state index in [1.54, 1.807) is 0 Å². The number of hydrogen-bond donors (Lipinski definition) is 1. The average Bonchev–Trinajstić information content (AvgIpc) is 3.12. The van der Waals surface area contributed by atoms with Crippen LogP contribution in [-0.2, 0) is 0 Å². The number of hydrogen-bond acceptors (Lipinski definition) is 3. The summed E-state index contributed by atoms with van der Waals surface area (Å²) in [6.07, 6.45) is 13.2. The molecule has 3 atom stereocenters. The summed E-state index contributed by atoms with van der Waals surface area (Å²) in [7, 11) is 0. The molecular weight excluding hydrogens is 306 g/mol. The van der Waals surface area contributed by atoms with Crippen molar-refractivity contribution < 1.29 is 0 Å². The Balaban J connectivity index is 1.23. The molecule has 0 spiro atoms. The lowest BCUT2D eigenvalue weighted by atomic mass is 9.67. The Hall–Kier alpha value is -1.22. The Labute approximate surface area is 152 Å². The molecule has 0 aromatic heterocycles. The molecule has 2 saturated carbocycles. The predicted molar refractivity (Wildman–Crippen MR) is 105 cm³/mol. The summed E-state index contributed by atoms with van der Waals surface area (Å²) in [6.45, 7) is 3.63. The molecule has 2 aliphatic heterocycles. The number of piperidine rings is 1. The summed E-state index contributed by atoms with van der Waals surface area (Å²) in [5, 5.41) is 3.57. The highest BCUT2D eigenvalue weighted by molar-refractivity contribution is 5.74. The molecule has 3 heteroatoms. The van der Waals surface area contributed by atoms with Crippen LogP contribution >= 0.6 is 0 Å². The van der Waals surface area contributed by atoms with Crippen molar-refractivity contribution in [3.05, 3.63) is 24.3 Å². The van der Waals surface area contributed by atoms with Gasteiger partial charge in [0.05, 0.1) is 18.0 Å². The van der Waals surface area contributed by atoms with Crippen LogP contribution in [0.25, 0.3) is 0 Å². The fourth-order valence-electron chi connectivity index (χ4n) is 6.34. The zero-order chi connectivity index (χ0) is 16.6. The van der Waals surface area contributed by atoms with Crippen LogP contribution in [0.3, 0.4) is 0 Å². The van der Waals surface area contributed by atoms with E-state index in [0.29, 0.717) is 0 Å². The van der Waals surface area contributed by atoms with Gasteiger partial charge < -0.3 is 10.2 Å². The molecule has 1 saturated heterocycles. The molecule has 5 rings (SSSR count). The summed E-state index contributed by atoms with van der Waals surface area (Å²) >= 11 is 0. The van der Waals surface area contributed by atoms with Gasteiger partial charge in [0.2, 0.25) is 0 Å². The maximum absolute atomic E-state index is 3.57. The van der Waals surface area contributed by atoms with Gasteiger partial charge in [-0.05, 0) is 49.7 Å². The smallest absolute Gasteiger partial charge is 0.0880 e. The molecule has 1 aromatic rings. The Bertz CT molecular complexity index is 591. The molecule has 1 aromatic carbocycles. The molecule has 1 N–H and O–H groups in total. The largest absolute Gasteiger partial charge is 0.366 e. The summed E-state index contributed by atoms with van der Waals surface area (Å²) in [5.41, 5.74) is 2.74. The minimum atomic E-state index is 0.721. The molecule has 25 heavy (non-hydrogen) atoms. The number of nitrogens with zero attached hydrogens (tertiary/aromatic N) is 2. The van der Waals surface area contributed by atoms with Gasteiger partial charge in [-0.2, -0.15) is 0 Å². The van der Waals surface area contributed by atoms with Crippen molar-refractivity contribution in [2.45, 2.75) is 69.9 Å². The van der Waals surface area contributed by atoms with Gasteiger partial charge in [-0.1, -0.05) is 44.2 Å². The van der Waals surface area contributed by atoms with Gasteiger partial charge >= 0.3 is 0 Å². The van der Waals surface area contributed by atoms with Crippen molar-refractivity contribution in [2.24, 2.45) is 11.8 Å². The van der Waals surface area contributed by atoms with E-state index in [1.165, 1.54) is 82.3 Å². The Morgan fingerprint density at radius 3 is 2.56 bits per heavy atom. The Morgan fingerprint density at radius 2 is 1.64 bits per heavy atom. The van der Waals surface area contributed by atoms with Crippen molar-refractivity contribution >= 4 is 11.4 Å². The first-order valence-corrected chi connectivity index (χ1v) is 10.7. The van der Waals surface area contributed by atoms with Gasteiger partial charge in [-0.3, -0.25) is 4.90 Å². The fourth-order valence-corrected chi connectivity index (χ4v) is 6.34. The zero-order valence-electron chi connectivity index (χ0n) is 15.5. The third-order valence-electron chi connectivity index (χ3n) is 7.60. The maximum atomic E-state index is 3.57. The van der Waals surface area contributed by atoms with Crippen LogP contribution in [0.5, 0.6) is 0 Å². The highest BCUT2D eigenvalue weighted by Gasteiger charge is 2.39. The van der Waals surface area contributed by atoms with E-state index in [2.05, 4.69) is 39.4 Å². The number of fused-ring (bicyclic) bond motifs is 2. The second-order valence-corrected chi connectivity index (χ2v) is 8.80. The quantitative estimate of drug-likeness (QED) is 0.842. The van der Waals surface area contributed by atoms with E-state index in [9.17, 15) is 0 Å². The molecule has 136 valence electrons. The van der Waals surface area contributed by atoms with Gasteiger partial charge in [0.1, 0.15) is 0 Å². The SMILES string of the molecule is c1ccc2c(c1)NCN2C1CCN(C2CCCC3CCCCC32)CC1. The van der Waals surface area contributed by atoms with E-state index < -0.39 is 0 Å². The summed E-state index contributed by atoms with van der Waals surface area (Å²) in [6, 6.07) is 10.5. The van der Waals surface area contributed by atoms with Gasteiger partial charge in [0.25, 0.3) is 0 Å². The monoisotopic (exact) mass is 339 g/mol. The van der Waals surface area contributed by atoms with Crippen LogP contribution < -0.4 is 10.2 Å². The second-order valence-electron chi connectivity index (χ2n) is 8.80. The van der Waals surface area contributed by atoms with Crippen molar-refractivity contribution in [1.29, 1.82) is 0 Å². The summed E-state index contributed by atoms with van der Waals surface area (Å²) < 4.78 is 0. The molecule has 2 aliphatic carbocycles. The molecule has 0 radical (unpaired) electrons. The van der Waals surface area contributed by atoms with Crippen LogP contribution in [0.1, 0.15) is 57.8 Å². The van der Waals surface area contributed by atoms with E-state index >= 15 is 0 Å². The number of benzene rings is 1. The van der Waals surface area contributed by atoms with Gasteiger partial charge in [-0.25, -0.2) is 0 Å². The minimum Gasteiger partial charge on any atom is -0.366 e. The van der Waals surface area contributed by atoms with Crippen LogP contribution in [0.4, 0.5) is 11.4 Å². The molecule has 3 unspecified atom stereocenters. The molecule has 3 nitrogen and oxygen atoms in total. The summed E-state index contributed by atoms with van der Waals surface area (Å²) in [4.78, 5) is 5.52. The Kier molecular flexibility index (Phi) is 4.37. The van der Waals surface area contributed by atoms with E-state index in [4.69, 9.17) is 0 Å². The van der Waals surface area contributed by atoms with Crippen molar-refractivity contribution in [3.63, 3.8) is 0 Å². The van der Waals surface area contributed by atoms with E-state index in [-0.39, 0.29) is 0 Å². The standard InChI is InChI=1S/C22H33N3/c1-2-8-19-17(6-1)7-5-11-21(19)24-14-12-18(13-15-24)25-16-23-20-9-3-4-10-22(20)25/h3-4,9-10,17-19,21,23H,1-2,5-8,11-16H2. The maximum Gasteiger partial charge on any atom is 0.0880 e. The number of nitrogens with one attached hydrogen (secondary N) is 1. The van der Waals surface area contributed by atoms with Crippen LogP contribution in [0.2, 0.25) is 0 Å². The van der Waals surface area contributed by atoms with Crippen molar-refractivity contribution in [3.8, 4) is 0 Å². The van der Waals surface area contributed by atoms with Crippen LogP contribution in [-0.4, -0.2) is 36.7 Å². The lowest BCUT2D eigenvalue weighted by Gasteiger charge is -2.49. The molecule has 0 amide bonds. The Morgan fingerprint density at radius 1 is 0.840 bits per heavy atom. The average molecular weight is 340 g/mol. The van der Waals surface area contributed by atoms with Gasteiger partial charge in [0, 0.05) is 25.2 Å². The van der Waals surface area contributed by atoms with E-state index in [0.717, 1.165) is 30.6 Å². The molecule has 2 heterocycles. The van der Waals surface area contributed by atoms with Crippen molar-refractivity contribution in [1.82, 2.24) is 4.90 Å². The number of likely N-dealkylation sites (tertiary alicyclic amines) is 1. The minimum absolute atomic E-state index is 0.721. The first-order valence-electron chi connectivity index (χ1n) is 10.7. The zero-order valence-corrected chi connectivity index (χ0v) is 15.5. The third-order valence-corrected chi connectivity index (χ3v) is 7.60. The highest BCUT2D eigenvalue weighted by atomic mass is 15.3. The molecule has 3 fully saturated rings. The van der Waals surface area contributed by atoms with Crippen LogP contribution in [0.15, 0.2) is 24.3 Å². The van der Waals surface area contributed by atoms with Gasteiger partial charge in [-0.15, -0.1) is 0 Å². The lowest BCUT2D eigenvalue weighted by molar-refractivity contribution is 0.0270. The van der Waals surface area contributed by atoms with E-state index in [1.807, 2.05) is 0 Å². The molecular formula is C22H33N3. The third kappa shape index (κ3) is 2.95. The highest BCUT2D eigenvalue weighted by Crippen LogP contribution is 2.43. The first kappa shape index (κ1) is 16.0. The lowest BCUT2D eigenvalue weighted by Crippen LogP contribution is -2.52. The second kappa shape index (κ2) is 6.83. The first-order chi connectivity index (χ1) is 12.4.